The van der Waals surface area contributed by atoms with E-state index in [9.17, 15) is 4.79 Å². The van der Waals surface area contributed by atoms with Crippen LogP contribution in [-0.2, 0) is 7.05 Å². The first-order valence-electron chi connectivity index (χ1n) is 6.53. The summed E-state index contributed by atoms with van der Waals surface area (Å²) in [6, 6.07) is 0. The summed E-state index contributed by atoms with van der Waals surface area (Å²) in [7, 11) is 1.75. The van der Waals surface area contributed by atoms with Crippen LogP contribution in [0.5, 0.6) is 0 Å². The standard InChI is InChI=1S/C13H22N4O/c1-4-13(2)5-7-17(8-6-13)12(18)11-10(14)9-15-16(11)3/h9H,4-8,14H2,1-3H3. The Morgan fingerprint density at radius 2 is 2.11 bits per heavy atom. The van der Waals surface area contributed by atoms with Gasteiger partial charge in [0.25, 0.3) is 5.91 Å². The maximum atomic E-state index is 12.4. The first kappa shape index (κ1) is 12.9. The lowest BCUT2D eigenvalue weighted by Gasteiger charge is -2.38. The molecule has 5 heteroatoms. The van der Waals surface area contributed by atoms with E-state index in [1.165, 1.54) is 12.6 Å². The van der Waals surface area contributed by atoms with Crippen LogP contribution in [0.4, 0.5) is 5.69 Å². The highest BCUT2D eigenvalue weighted by Crippen LogP contribution is 2.34. The number of anilines is 1. The third-order valence-corrected chi connectivity index (χ3v) is 4.28. The topological polar surface area (TPSA) is 64.2 Å². The number of nitrogen functional groups attached to an aromatic ring is 1. The number of likely N-dealkylation sites (tertiary alicyclic amines) is 1. The molecule has 100 valence electrons. The van der Waals surface area contributed by atoms with Gasteiger partial charge >= 0.3 is 0 Å². The number of hydrogen-bond acceptors (Lipinski definition) is 3. The SMILES string of the molecule is CCC1(C)CCN(C(=O)c2c(N)cnn2C)CC1. The van der Waals surface area contributed by atoms with Crippen LogP contribution in [0.2, 0.25) is 0 Å². The monoisotopic (exact) mass is 250 g/mol. The van der Waals surface area contributed by atoms with Gasteiger partial charge in [0.15, 0.2) is 0 Å². The van der Waals surface area contributed by atoms with Gasteiger partial charge in [0, 0.05) is 20.1 Å². The molecule has 2 rings (SSSR count). The van der Waals surface area contributed by atoms with E-state index in [-0.39, 0.29) is 5.91 Å². The number of rotatable bonds is 2. The minimum Gasteiger partial charge on any atom is -0.396 e. The van der Waals surface area contributed by atoms with Crippen molar-refractivity contribution in [2.45, 2.75) is 33.1 Å². The lowest BCUT2D eigenvalue weighted by Crippen LogP contribution is -2.42. The summed E-state index contributed by atoms with van der Waals surface area (Å²) in [5.74, 6) is 0.00523. The van der Waals surface area contributed by atoms with E-state index in [0.29, 0.717) is 16.8 Å². The molecular weight excluding hydrogens is 228 g/mol. The molecule has 0 unspecified atom stereocenters. The van der Waals surface area contributed by atoms with Gasteiger partial charge in [-0.1, -0.05) is 20.3 Å². The van der Waals surface area contributed by atoms with E-state index in [1.54, 1.807) is 11.7 Å². The van der Waals surface area contributed by atoms with Crippen LogP contribution in [0, 0.1) is 5.41 Å². The highest BCUT2D eigenvalue weighted by molar-refractivity contribution is 5.97. The minimum absolute atomic E-state index is 0.00523. The summed E-state index contributed by atoms with van der Waals surface area (Å²) < 4.78 is 1.56. The average Bonchev–Trinajstić information content (AvgIpc) is 2.69. The number of carbonyl (C=O) groups excluding carboxylic acids is 1. The molecule has 0 saturated carbocycles. The van der Waals surface area contributed by atoms with Crippen molar-refractivity contribution >= 4 is 11.6 Å². The van der Waals surface area contributed by atoms with Gasteiger partial charge in [-0.3, -0.25) is 9.48 Å². The molecular formula is C13H22N4O. The van der Waals surface area contributed by atoms with Gasteiger partial charge in [0.05, 0.1) is 11.9 Å². The molecule has 0 bridgehead atoms. The Hall–Kier alpha value is -1.52. The van der Waals surface area contributed by atoms with E-state index in [1.807, 2.05) is 4.90 Å². The maximum Gasteiger partial charge on any atom is 0.274 e. The van der Waals surface area contributed by atoms with Gasteiger partial charge in [-0.05, 0) is 18.3 Å². The molecule has 1 aliphatic rings. The zero-order chi connectivity index (χ0) is 13.3. The molecule has 0 spiro atoms. The number of nitrogens with two attached hydrogens (primary N) is 1. The van der Waals surface area contributed by atoms with Gasteiger partial charge < -0.3 is 10.6 Å². The number of nitrogens with zero attached hydrogens (tertiary/aromatic N) is 3. The van der Waals surface area contributed by atoms with Crippen LogP contribution < -0.4 is 5.73 Å². The zero-order valence-electron chi connectivity index (χ0n) is 11.4. The summed E-state index contributed by atoms with van der Waals surface area (Å²) in [6.07, 6.45) is 4.83. The lowest BCUT2D eigenvalue weighted by atomic mass is 9.78. The maximum absolute atomic E-state index is 12.4. The summed E-state index contributed by atoms with van der Waals surface area (Å²) in [4.78, 5) is 14.3. The minimum atomic E-state index is 0.00523. The largest absolute Gasteiger partial charge is 0.396 e. The smallest absolute Gasteiger partial charge is 0.274 e. The molecule has 1 aromatic rings. The van der Waals surface area contributed by atoms with E-state index >= 15 is 0 Å². The Morgan fingerprint density at radius 3 is 2.56 bits per heavy atom. The van der Waals surface area contributed by atoms with Gasteiger partial charge in [-0.2, -0.15) is 5.10 Å². The first-order chi connectivity index (χ1) is 8.47. The van der Waals surface area contributed by atoms with Crippen molar-refractivity contribution in [1.82, 2.24) is 14.7 Å². The highest BCUT2D eigenvalue weighted by Gasteiger charge is 2.32. The molecule has 1 saturated heterocycles. The number of hydrogen-bond donors (Lipinski definition) is 1. The first-order valence-corrected chi connectivity index (χ1v) is 6.53. The summed E-state index contributed by atoms with van der Waals surface area (Å²) in [5, 5.41) is 4.02. The Kier molecular flexibility index (Phi) is 3.32. The van der Waals surface area contributed by atoms with Crippen LogP contribution >= 0.6 is 0 Å². The van der Waals surface area contributed by atoms with Crippen molar-refractivity contribution in [2.75, 3.05) is 18.8 Å². The van der Waals surface area contributed by atoms with Crippen molar-refractivity contribution in [3.05, 3.63) is 11.9 Å². The average molecular weight is 250 g/mol. The molecule has 0 atom stereocenters. The number of carbonyl (C=O) groups is 1. The molecule has 1 aromatic heterocycles. The highest BCUT2D eigenvalue weighted by atomic mass is 16.2. The Labute approximate surface area is 108 Å². The fourth-order valence-electron chi connectivity index (χ4n) is 2.47. The second-order valence-electron chi connectivity index (χ2n) is 5.53. The van der Waals surface area contributed by atoms with Gasteiger partial charge in [0.1, 0.15) is 5.69 Å². The van der Waals surface area contributed by atoms with Gasteiger partial charge in [-0.25, -0.2) is 0 Å². The van der Waals surface area contributed by atoms with Gasteiger partial charge in [-0.15, -0.1) is 0 Å². The second kappa shape index (κ2) is 4.63. The predicted octanol–water partition coefficient (Wildman–Crippen LogP) is 1.65. The fourth-order valence-corrected chi connectivity index (χ4v) is 2.47. The molecule has 2 heterocycles. The quantitative estimate of drug-likeness (QED) is 0.868. The van der Waals surface area contributed by atoms with E-state index in [2.05, 4.69) is 18.9 Å². The summed E-state index contributed by atoms with van der Waals surface area (Å²) in [5.41, 5.74) is 7.15. The molecule has 1 aliphatic heterocycles. The van der Waals surface area contributed by atoms with Gasteiger partial charge in [0.2, 0.25) is 0 Å². The number of amides is 1. The Morgan fingerprint density at radius 1 is 1.50 bits per heavy atom. The normalized spacial score (nSPS) is 18.9. The third-order valence-electron chi connectivity index (χ3n) is 4.28. The van der Waals surface area contributed by atoms with E-state index < -0.39 is 0 Å². The van der Waals surface area contributed by atoms with Crippen molar-refractivity contribution in [3.8, 4) is 0 Å². The van der Waals surface area contributed by atoms with Crippen LogP contribution in [0.15, 0.2) is 6.20 Å². The van der Waals surface area contributed by atoms with E-state index in [4.69, 9.17) is 5.73 Å². The van der Waals surface area contributed by atoms with Crippen molar-refractivity contribution in [2.24, 2.45) is 12.5 Å². The lowest BCUT2D eigenvalue weighted by molar-refractivity contribution is 0.0591. The molecule has 0 aromatic carbocycles. The van der Waals surface area contributed by atoms with Crippen LogP contribution in [0.3, 0.4) is 0 Å². The molecule has 2 N–H and O–H groups in total. The van der Waals surface area contributed by atoms with Crippen LogP contribution in [0.1, 0.15) is 43.6 Å². The van der Waals surface area contributed by atoms with Crippen molar-refractivity contribution < 1.29 is 4.79 Å². The van der Waals surface area contributed by atoms with Crippen molar-refractivity contribution in [3.63, 3.8) is 0 Å². The third kappa shape index (κ3) is 2.21. The summed E-state index contributed by atoms with van der Waals surface area (Å²) >= 11 is 0. The van der Waals surface area contributed by atoms with Crippen molar-refractivity contribution in [1.29, 1.82) is 0 Å². The number of aromatic nitrogens is 2. The zero-order valence-corrected chi connectivity index (χ0v) is 11.4. The molecule has 0 aliphatic carbocycles. The van der Waals surface area contributed by atoms with Crippen LogP contribution in [0.25, 0.3) is 0 Å². The molecule has 0 radical (unpaired) electrons. The molecule has 1 fully saturated rings. The number of aryl methyl sites for hydroxylation is 1. The second-order valence-corrected chi connectivity index (χ2v) is 5.53. The predicted molar refractivity (Wildman–Crippen MR) is 71.2 cm³/mol. The Bertz CT molecular complexity index is 424. The number of piperidine rings is 1. The molecule has 18 heavy (non-hydrogen) atoms. The van der Waals surface area contributed by atoms with Crippen LogP contribution in [-0.4, -0.2) is 33.7 Å². The molecule has 1 amide bonds. The molecule has 5 nitrogen and oxygen atoms in total. The fraction of sp³-hybridized carbons (Fsp3) is 0.692. The Balaban J connectivity index is 2.09. The summed E-state index contributed by atoms with van der Waals surface area (Å²) in [6.45, 7) is 6.14. The van der Waals surface area contributed by atoms with E-state index in [0.717, 1.165) is 25.9 Å².